The number of oxime groups is 1. The third kappa shape index (κ3) is 4.37. The molecule has 0 aromatic rings. The Balaban J connectivity index is 2.02. The molecule has 0 saturated heterocycles. The molecule has 5 heteroatoms. The first-order valence-electron chi connectivity index (χ1n) is 6.00. The van der Waals surface area contributed by atoms with Crippen LogP contribution >= 0.6 is 0 Å². The Bertz CT molecular complexity index is 221. The summed E-state index contributed by atoms with van der Waals surface area (Å²) in [6.07, 6.45) is 6.66. The van der Waals surface area contributed by atoms with Gasteiger partial charge in [0, 0.05) is 19.6 Å². The Morgan fingerprint density at radius 3 is 3.00 bits per heavy atom. The molecule has 1 aliphatic rings. The molecule has 2 unspecified atom stereocenters. The summed E-state index contributed by atoms with van der Waals surface area (Å²) in [5.41, 5.74) is 5.38. The number of rotatable bonds is 7. The summed E-state index contributed by atoms with van der Waals surface area (Å²) >= 11 is 0. The second-order valence-corrected chi connectivity index (χ2v) is 4.31. The second kappa shape index (κ2) is 7.46. The first-order chi connectivity index (χ1) is 7.77. The third-order valence-corrected chi connectivity index (χ3v) is 3.15. The lowest BCUT2D eigenvalue weighted by atomic mass is 10.2. The zero-order valence-corrected chi connectivity index (χ0v) is 9.98. The van der Waals surface area contributed by atoms with Crippen molar-refractivity contribution in [2.24, 2.45) is 10.9 Å². The Labute approximate surface area is 97.0 Å². The summed E-state index contributed by atoms with van der Waals surface area (Å²) in [6, 6.07) is 0.508. The van der Waals surface area contributed by atoms with Crippen LogP contribution in [-0.4, -0.2) is 36.8 Å². The lowest BCUT2D eigenvalue weighted by Gasteiger charge is -2.19. The molecule has 0 aromatic heterocycles. The average Bonchev–Trinajstić information content (AvgIpc) is 2.75. The van der Waals surface area contributed by atoms with E-state index < -0.39 is 0 Å². The lowest BCUT2D eigenvalue weighted by Crippen LogP contribution is -2.37. The van der Waals surface area contributed by atoms with Crippen LogP contribution in [0.1, 0.15) is 38.5 Å². The highest BCUT2D eigenvalue weighted by Gasteiger charge is 2.25. The van der Waals surface area contributed by atoms with Gasteiger partial charge in [0.25, 0.3) is 0 Å². The Kier molecular flexibility index (Phi) is 6.18. The van der Waals surface area contributed by atoms with Crippen LogP contribution < -0.4 is 11.1 Å². The van der Waals surface area contributed by atoms with Gasteiger partial charge >= 0.3 is 0 Å². The summed E-state index contributed by atoms with van der Waals surface area (Å²) in [5, 5.41) is 14.8. The Hall–Kier alpha value is -0.810. The molecule has 0 aliphatic heterocycles. The quantitative estimate of drug-likeness (QED) is 0.200. The molecule has 0 bridgehead atoms. The van der Waals surface area contributed by atoms with E-state index >= 15 is 0 Å². The minimum Gasteiger partial charge on any atom is -0.409 e. The largest absolute Gasteiger partial charge is 0.409 e. The number of nitrogens with two attached hydrogens (primary N) is 1. The van der Waals surface area contributed by atoms with Crippen LogP contribution in [0.2, 0.25) is 0 Å². The maximum atomic E-state index is 8.36. The molecule has 0 radical (unpaired) electrons. The Morgan fingerprint density at radius 1 is 1.50 bits per heavy atom. The zero-order chi connectivity index (χ0) is 11.8. The number of nitrogens with one attached hydrogen (secondary N) is 1. The number of amidine groups is 1. The van der Waals surface area contributed by atoms with Gasteiger partial charge in [-0.05, 0) is 38.6 Å². The van der Waals surface area contributed by atoms with Gasteiger partial charge in [-0.2, -0.15) is 0 Å². The summed E-state index contributed by atoms with van der Waals surface area (Å²) < 4.78 is 5.40. The van der Waals surface area contributed by atoms with Gasteiger partial charge in [-0.1, -0.05) is 5.16 Å². The van der Waals surface area contributed by atoms with E-state index in [1.54, 1.807) is 7.11 Å². The van der Waals surface area contributed by atoms with Crippen molar-refractivity contribution in [1.29, 1.82) is 0 Å². The topological polar surface area (TPSA) is 79.9 Å². The molecule has 1 saturated carbocycles. The molecule has 0 aromatic carbocycles. The molecule has 2 atom stereocenters. The van der Waals surface area contributed by atoms with Gasteiger partial charge < -0.3 is 21.0 Å². The fraction of sp³-hybridized carbons (Fsp3) is 0.909. The molecule has 5 nitrogen and oxygen atoms in total. The summed E-state index contributed by atoms with van der Waals surface area (Å²) in [4.78, 5) is 0. The summed E-state index contributed by atoms with van der Waals surface area (Å²) in [5.74, 6) is 0.315. The SMILES string of the molecule is COC1CCCC1NCCCCC(N)=NO. The van der Waals surface area contributed by atoms with E-state index in [1.807, 2.05) is 0 Å². The van der Waals surface area contributed by atoms with Gasteiger partial charge in [0.1, 0.15) is 5.84 Å². The highest BCUT2D eigenvalue weighted by atomic mass is 16.5. The Morgan fingerprint density at radius 2 is 2.31 bits per heavy atom. The highest BCUT2D eigenvalue weighted by molar-refractivity contribution is 5.79. The lowest BCUT2D eigenvalue weighted by molar-refractivity contribution is 0.0852. The van der Waals surface area contributed by atoms with Gasteiger partial charge in [0.15, 0.2) is 0 Å². The van der Waals surface area contributed by atoms with E-state index in [4.69, 9.17) is 15.7 Å². The molecule has 1 fully saturated rings. The van der Waals surface area contributed by atoms with Gasteiger partial charge in [-0.15, -0.1) is 0 Å². The number of nitrogens with zero attached hydrogens (tertiary/aromatic N) is 1. The predicted octanol–water partition coefficient (Wildman–Crippen LogP) is 1.06. The molecular weight excluding hydrogens is 206 g/mol. The molecule has 4 N–H and O–H groups in total. The molecule has 0 heterocycles. The van der Waals surface area contributed by atoms with Crippen molar-refractivity contribution < 1.29 is 9.94 Å². The predicted molar refractivity (Wildman–Crippen MR) is 63.7 cm³/mol. The van der Waals surface area contributed by atoms with Crippen LogP contribution in [0.4, 0.5) is 0 Å². The number of methoxy groups -OCH3 is 1. The maximum Gasteiger partial charge on any atom is 0.139 e. The van der Waals surface area contributed by atoms with Crippen LogP contribution in [0.5, 0.6) is 0 Å². The zero-order valence-electron chi connectivity index (χ0n) is 9.98. The maximum absolute atomic E-state index is 8.36. The minimum atomic E-state index is 0.315. The van der Waals surface area contributed by atoms with Crippen molar-refractivity contribution in [2.45, 2.75) is 50.7 Å². The van der Waals surface area contributed by atoms with E-state index in [2.05, 4.69) is 10.5 Å². The molecule has 94 valence electrons. The van der Waals surface area contributed by atoms with E-state index in [1.165, 1.54) is 12.8 Å². The second-order valence-electron chi connectivity index (χ2n) is 4.31. The van der Waals surface area contributed by atoms with Crippen LogP contribution in [0.25, 0.3) is 0 Å². The van der Waals surface area contributed by atoms with Crippen LogP contribution in [0.15, 0.2) is 5.16 Å². The van der Waals surface area contributed by atoms with Crippen LogP contribution in [0, 0.1) is 0 Å². The van der Waals surface area contributed by atoms with Crippen molar-refractivity contribution >= 4 is 5.84 Å². The van der Waals surface area contributed by atoms with E-state index in [0.29, 0.717) is 24.4 Å². The molecule has 1 aliphatic carbocycles. The van der Waals surface area contributed by atoms with Crippen molar-refractivity contribution in [3.8, 4) is 0 Å². The molecule has 0 amide bonds. The fourth-order valence-corrected chi connectivity index (χ4v) is 2.21. The molecule has 1 rings (SSSR count). The van der Waals surface area contributed by atoms with E-state index in [0.717, 1.165) is 25.8 Å². The monoisotopic (exact) mass is 229 g/mol. The standard InChI is InChI=1S/C11H23N3O2/c1-16-10-6-4-5-9(10)13-8-3-2-7-11(12)14-15/h9-10,13,15H,2-8H2,1H3,(H2,12,14). The first kappa shape index (κ1) is 13.3. The third-order valence-electron chi connectivity index (χ3n) is 3.15. The fourth-order valence-electron chi connectivity index (χ4n) is 2.21. The number of ether oxygens (including phenoxy) is 1. The van der Waals surface area contributed by atoms with Crippen molar-refractivity contribution in [3.63, 3.8) is 0 Å². The summed E-state index contributed by atoms with van der Waals surface area (Å²) in [6.45, 7) is 0.975. The normalized spacial score (nSPS) is 26.2. The van der Waals surface area contributed by atoms with Gasteiger partial charge in [-0.25, -0.2) is 0 Å². The number of hydrogen-bond donors (Lipinski definition) is 3. The number of hydrogen-bond acceptors (Lipinski definition) is 4. The van der Waals surface area contributed by atoms with Crippen molar-refractivity contribution in [2.75, 3.05) is 13.7 Å². The van der Waals surface area contributed by atoms with Crippen molar-refractivity contribution in [1.82, 2.24) is 5.32 Å². The first-order valence-corrected chi connectivity index (χ1v) is 6.00. The minimum absolute atomic E-state index is 0.315. The van der Waals surface area contributed by atoms with Gasteiger partial charge in [0.05, 0.1) is 6.10 Å². The molecular formula is C11H23N3O2. The van der Waals surface area contributed by atoms with Gasteiger partial charge in [0.2, 0.25) is 0 Å². The number of unbranched alkanes of at least 4 members (excludes halogenated alkanes) is 1. The average molecular weight is 229 g/mol. The highest BCUT2D eigenvalue weighted by Crippen LogP contribution is 2.21. The van der Waals surface area contributed by atoms with Gasteiger partial charge in [-0.3, -0.25) is 0 Å². The van der Waals surface area contributed by atoms with Crippen molar-refractivity contribution in [3.05, 3.63) is 0 Å². The summed E-state index contributed by atoms with van der Waals surface area (Å²) in [7, 11) is 1.78. The molecule has 0 spiro atoms. The van der Waals surface area contributed by atoms with Crippen LogP contribution in [-0.2, 0) is 4.74 Å². The van der Waals surface area contributed by atoms with E-state index in [9.17, 15) is 0 Å². The molecule has 16 heavy (non-hydrogen) atoms. The van der Waals surface area contributed by atoms with E-state index in [-0.39, 0.29) is 0 Å². The van der Waals surface area contributed by atoms with Crippen LogP contribution in [0.3, 0.4) is 0 Å². The smallest absolute Gasteiger partial charge is 0.139 e.